The molecule has 0 saturated heterocycles. The van der Waals surface area contributed by atoms with Crippen LogP contribution in [0.3, 0.4) is 0 Å². The number of ether oxygens (including phenoxy) is 1. The van der Waals surface area contributed by atoms with E-state index in [0.29, 0.717) is 12.3 Å². The minimum Gasteiger partial charge on any atom is -0.485 e. The van der Waals surface area contributed by atoms with Crippen molar-refractivity contribution in [3.05, 3.63) is 65.1 Å². The molecule has 1 aromatic carbocycles. The maximum atomic E-state index is 12.1. The molecule has 3 rings (SSSR count). The minimum absolute atomic E-state index is 0.214. The van der Waals surface area contributed by atoms with Crippen LogP contribution in [0.4, 0.5) is 0 Å². The van der Waals surface area contributed by atoms with Gasteiger partial charge in [-0.2, -0.15) is 0 Å². The van der Waals surface area contributed by atoms with E-state index in [9.17, 15) is 4.79 Å². The lowest BCUT2D eigenvalue weighted by Crippen LogP contribution is -2.24. The Bertz CT molecular complexity index is 862. The van der Waals surface area contributed by atoms with E-state index in [-0.39, 0.29) is 18.2 Å². The van der Waals surface area contributed by atoms with Crippen LogP contribution in [0, 0.1) is 13.8 Å². The van der Waals surface area contributed by atoms with E-state index >= 15 is 0 Å². The van der Waals surface area contributed by atoms with Crippen LogP contribution in [0.15, 0.2) is 41.2 Å². The first-order chi connectivity index (χ1) is 12.0. The largest absolute Gasteiger partial charge is 0.485 e. The molecule has 3 aromatic rings. The van der Waals surface area contributed by atoms with Crippen LogP contribution in [0.2, 0.25) is 0 Å². The second-order valence-corrected chi connectivity index (χ2v) is 5.83. The Morgan fingerprint density at radius 2 is 2.08 bits per heavy atom. The van der Waals surface area contributed by atoms with Crippen LogP contribution in [-0.2, 0) is 20.2 Å². The van der Waals surface area contributed by atoms with Crippen LogP contribution >= 0.6 is 0 Å². The topological polar surface area (TPSA) is 82.2 Å². The van der Waals surface area contributed by atoms with Crippen molar-refractivity contribution in [3.8, 4) is 5.75 Å². The van der Waals surface area contributed by atoms with Gasteiger partial charge in [0, 0.05) is 25.5 Å². The van der Waals surface area contributed by atoms with Crippen molar-refractivity contribution < 1.29 is 14.1 Å². The highest BCUT2D eigenvalue weighted by Gasteiger charge is 2.14. The molecular formula is C18H20N4O3. The quantitative estimate of drug-likeness (QED) is 0.746. The van der Waals surface area contributed by atoms with Crippen LogP contribution < -0.4 is 10.1 Å². The van der Waals surface area contributed by atoms with Crippen molar-refractivity contribution in [2.75, 3.05) is 0 Å². The van der Waals surface area contributed by atoms with Crippen LogP contribution in [-0.4, -0.2) is 20.6 Å². The number of carbonyl (C=O) groups excluding carboxylic acids is 1. The van der Waals surface area contributed by atoms with E-state index < -0.39 is 0 Å². The molecule has 0 unspecified atom stereocenters. The summed E-state index contributed by atoms with van der Waals surface area (Å²) in [6.07, 6.45) is 3.50. The lowest BCUT2D eigenvalue weighted by Gasteiger charge is -2.09. The predicted octanol–water partition coefficient (Wildman–Crippen LogP) is 2.53. The fourth-order valence-corrected chi connectivity index (χ4v) is 2.47. The molecule has 2 aromatic heterocycles. The van der Waals surface area contributed by atoms with Gasteiger partial charge in [-0.3, -0.25) is 4.79 Å². The highest BCUT2D eigenvalue weighted by molar-refractivity contribution is 5.92. The van der Waals surface area contributed by atoms with E-state index in [1.54, 1.807) is 12.3 Å². The standard InChI is InChI=1S/C18H20N4O3/c1-12-5-4-6-13(2)17(12)24-11-14-9-15(21-25-14)18(23)20-10-16-19-7-8-22(16)3/h4-9H,10-11H2,1-3H3,(H,20,23). The first-order valence-electron chi connectivity index (χ1n) is 7.93. The average molecular weight is 340 g/mol. The molecule has 0 radical (unpaired) electrons. The molecule has 130 valence electrons. The average Bonchev–Trinajstić information content (AvgIpc) is 3.21. The van der Waals surface area contributed by atoms with Crippen molar-refractivity contribution in [2.24, 2.45) is 7.05 Å². The molecule has 0 aliphatic carbocycles. The Labute approximate surface area is 145 Å². The second-order valence-electron chi connectivity index (χ2n) is 5.83. The van der Waals surface area contributed by atoms with Gasteiger partial charge in [0.05, 0.1) is 6.54 Å². The molecule has 0 aliphatic heterocycles. The molecule has 0 spiro atoms. The highest BCUT2D eigenvalue weighted by Crippen LogP contribution is 2.23. The molecule has 2 heterocycles. The number of nitrogens with one attached hydrogen (secondary N) is 1. The van der Waals surface area contributed by atoms with E-state index in [0.717, 1.165) is 22.7 Å². The molecule has 1 amide bonds. The Hall–Kier alpha value is -3.09. The summed E-state index contributed by atoms with van der Waals surface area (Å²) in [5.41, 5.74) is 2.31. The maximum Gasteiger partial charge on any atom is 0.273 e. The third-order valence-electron chi connectivity index (χ3n) is 3.89. The zero-order valence-electron chi connectivity index (χ0n) is 14.4. The number of aryl methyl sites for hydroxylation is 3. The molecule has 25 heavy (non-hydrogen) atoms. The summed E-state index contributed by atoms with van der Waals surface area (Å²) in [5.74, 6) is 1.75. The number of amides is 1. The maximum absolute atomic E-state index is 12.1. The second kappa shape index (κ2) is 7.21. The molecule has 1 N–H and O–H groups in total. The van der Waals surface area contributed by atoms with Gasteiger partial charge in [-0.1, -0.05) is 23.4 Å². The Morgan fingerprint density at radius 3 is 2.76 bits per heavy atom. The third kappa shape index (κ3) is 3.88. The Kier molecular flexibility index (Phi) is 4.83. The van der Waals surface area contributed by atoms with Crippen LogP contribution in [0.5, 0.6) is 5.75 Å². The zero-order valence-corrected chi connectivity index (χ0v) is 14.4. The molecule has 0 saturated carbocycles. The number of hydrogen-bond donors (Lipinski definition) is 1. The molecule has 0 fully saturated rings. The summed E-state index contributed by atoms with van der Waals surface area (Å²) in [5, 5.41) is 6.56. The van der Waals surface area contributed by atoms with E-state index in [1.807, 2.05) is 49.9 Å². The van der Waals surface area contributed by atoms with Crippen LogP contribution in [0.25, 0.3) is 0 Å². The number of hydrogen-bond acceptors (Lipinski definition) is 5. The molecule has 7 heteroatoms. The number of rotatable bonds is 6. The Balaban J connectivity index is 1.58. The van der Waals surface area contributed by atoms with Gasteiger partial charge < -0.3 is 19.1 Å². The summed E-state index contributed by atoms with van der Waals surface area (Å²) in [6.45, 7) is 4.51. The van der Waals surface area contributed by atoms with Crippen molar-refractivity contribution >= 4 is 5.91 Å². The number of benzene rings is 1. The number of carbonyl (C=O) groups is 1. The number of nitrogens with zero attached hydrogens (tertiary/aromatic N) is 3. The first kappa shape index (κ1) is 16.8. The lowest BCUT2D eigenvalue weighted by molar-refractivity contribution is 0.0940. The minimum atomic E-state index is -0.315. The van der Waals surface area contributed by atoms with Crippen molar-refractivity contribution in [1.29, 1.82) is 0 Å². The summed E-state index contributed by atoms with van der Waals surface area (Å²) in [7, 11) is 1.87. The fourth-order valence-electron chi connectivity index (χ4n) is 2.47. The zero-order chi connectivity index (χ0) is 17.8. The summed E-state index contributed by atoms with van der Waals surface area (Å²) in [4.78, 5) is 16.3. The number of para-hydroxylation sites is 1. The molecule has 0 aliphatic rings. The summed E-state index contributed by atoms with van der Waals surface area (Å²) >= 11 is 0. The van der Waals surface area contributed by atoms with Gasteiger partial charge in [0.2, 0.25) is 0 Å². The van der Waals surface area contributed by atoms with Gasteiger partial charge in [-0.25, -0.2) is 4.98 Å². The molecule has 7 nitrogen and oxygen atoms in total. The lowest BCUT2D eigenvalue weighted by atomic mass is 10.1. The van der Waals surface area contributed by atoms with Gasteiger partial charge in [0.25, 0.3) is 5.91 Å². The molecular weight excluding hydrogens is 320 g/mol. The van der Waals surface area contributed by atoms with E-state index in [4.69, 9.17) is 9.26 Å². The summed E-state index contributed by atoms with van der Waals surface area (Å²) in [6, 6.07) is 7.54. The third-order valence-corrected chi connectivity index (χ3v) is 3.89. The number of aromatic nitrogens is 3. The summed E-state index contributed by atoms with van der Waals surface area (Å²) < 4.78 is 12.8. The van der Waals surface area contributed by atoms with Gasteiger partial charge in [-0.05, 0) is 25.0 Å². The predicted molar refractivity (Wildman–Crippen MR) is 91.1 cm³/mol. The van der Waals surface area contributed by atoms with E-state index in [2.05, 4.69) is 15.5 Å². The smallest absolute Gasteiger partial charge is 0.273 e. The fraction of sp³-hybridized carbons (Fsp3) is 0.278. The van der Waals surface area contributed by atoms with Crippen molar-refractivity contribution in [2.45, 2.75) is 27.0 Å². The van der Waals surface area contributed by atoms with Gasteiger partial charge in [0.15, 0.2) is 11.5 Å². The van der Waals surface area contributed by atoms with Crippen molar-refractivity contribution in [3.63, 3.8) is 0 Å². The monoisotopic (exact) mass is 340 g/mol. The first-order valence-corrected chi connectivity index (χ1v) is 7.93. The SMILES string of the molecule is Cc1cccc(C)c1OCc1cc(C(=O)NCc2nccn2C)no1. The van der Waals surface area contributed by atoms with Gasteiger partial charge in [-0.15, -0.1) is 0 Å². The highest BCUT2D eigenvalue weighted by atomic mass is 16.5. The van der Waals surface area contributed by atoms with E-state index in [1.165, 1.54) is 0 Å². The Morgan fingerprint density at radius 1 is 1.32 bits per heavy atom. The van der Waals surface area contributed by atoms with Crippen molar-refractivity contribution in [1.82, 2.24) is 20.0 Å². The van der Waals surface area contributed by atoms with Crippen LogP contribution in [0.1, 0.15) is 33.2 Å². The molecule has 0 atom stereocenters. The normalized spacial score (nSPS) is 10.7. The number of imidazole rings is 1. The van der Waals surface area contributed by atoms with Gasteiger partial charge >= 0.3 is 0 Å². The molecule has 0 bridgehead atoms. The van der Waals surface area contributed by atoms with Gasteiger partial charge in [0.1, 0.15) is 18.2 Å².